The molecule has 0 aliphatic heterocycles. The molecule has 0 heterocycles. The number of alkyl halides is 3. The zero-order chi connectivity index (χ0) is 13.2. The third-order valence-corrected chi connectivity index (χ3v) is 2.38. The average Bonchev–Trinajstić information content (AvgIpc) is 2.31. The lowest BCUT2D eigenvalue weighted by molar-refractivity contribution is -0.136. The molecule has 0 fully saturated rings. The summed E-state index contributed by atoms with van der Waals surface area (Å²) in [6.45, 7) is 0. The molecule has 0 aliphatic carbocycles. The van der Waals surface area contributed by atoms with Crippen molar-refractivity contribution in [2.75, 3.05) is 5.32 Å². The summed E-state index contributed by atoms with van der Waals surface area (Å²) in [5, 5.41) is 11.8. The molecule has 0 amide bonds. The second-order valence-electron chi connectivity index (χ2n) is 3.72. The molecule has 0 aliphatic rings. The standard InChI is InChI=1S/C13H10F3NO/c14-13(15,16)11-3-1-2-4-12(11)17-9-5-7-10(18)8-6-9/h1-8,17-18H. The number of anilines is 2. The third-order valence-electron chi connectivity index (χ3n) is 2.38. The van der Waals surface area contributed by atoms with E-state index >= 15 is 0 Å². The van der Waals surface area contributed by atoms with Crippen molar-refractivity contribution in [3.63, 3.8) is 0 Å². The fourth-order valence-electron chi connectivity index (χ4n) is 1.54. The largest absolute Gasteiger partial charge is 0.508 e. The molecule has 18 heavy (non-hydrogen) atoms. The molecule has 0 saturated carbocycles. The highest BCUT2D eigenvalue weighted by atomic mass is 19.4. The molecule has 0 radical (unpaired) electrons. The molecular weight excluding hydrogens is 243 g/mol. The molecule has 0 saturated heterocycles. The van der Waals surface area contributed by atoms with Gasteiger partial charge in [0.15, 0.2) is 0 Å². The van der Waals surface area contributed by atoms with E-state index in [0.29, 0.717) is 5.69 Å². The fourth-order valence-corrected chi connectivity index (χ4v) is 1.54. The zero-order valence-electron chi connectivity index (χ0n) is 9.20. The topological polar surface area (TPSA) is 32.3 Å². The van der Waals surface area contributed by atoms with Crippen LogP contribution in [-0.4, -0.2) is 5.11 Å². The van der Waals surface area contributed by atoms with Crippen LogP contribution >= 0.6 is 0 Å². The Bertz CT molecular complexity index is 535. The number of aromatic hydroxyl groups is 1. The van der Waals surface area contributed by atoms with E-state index in [1.807, 2.05) is 0 Å². The van der Waals surface area contributed by atoms with Gasteiger partial charge in [0.1, 0.15) is 5.75 Å². The molecule has 0 unspecified atom stereocenters. The van der Waals surface area contributed by atoms with Gasteiger partial charge in [-0.25, -0.2) is 0 Å². The summed E-state index contributed by atoms with van der Waals surface area (Å²) < 4.78 is 38.2. The highest BCUT2D eigenvalue weighted by Crippen LogP contribution is 2.35. The van der Waals surface area contributed by atoms with Crippen molar-refractivity contribution in [3.8, 4) is 5.75 Å². The highest BCUT2D eigenvalue weighted by molar-refractivity contribution is 5.64. The lowest BCUT2D eigenvalue weighted by atomic mass is 10.1. The smallest absolute Gasteiger partial charge is 0.418 e. The summed E-state index contributed by atoms with van der Waals surface area (Å²) in [5.74, 6) is 0.0599. The number of hydrogen-bond acceptors (Lipinski definition) is 2. The maximum absolute atomic E-state index is 12.7. The third kappa shape index (κ3) is 2.74. The molecule has 94 valence electrons. The Balaban J connectivity index is 2.32. The number of phenols is 1. The van der Waals surface area contributed by atoms with Crippen LogP contribution in [0.1, 0.15) is 5.56 Å². The van der Waals surface area contributed by atoms with Crippen LogP contribution in [0.15, 0.2) is 48.5 Å². The van der Waals surface area contributed by atoms with Gasteiger partial charge in [0.2, 0.25) is 0 Å². The van der Waals surface area contributed by atoms with Crippen LogP contribution in [0.5, 0.6) is 5.75 Å². The fraction of sp³-hybridized carbons (Fsp3) is 0.0769. The number of halogens is 3. The molecule has 2 aromatic rings. The van der Waals surface area contributed by atoms with Crippen molar-refractivity contribution in [2.45, 2.75) is 6.18 Å². The Labute approximate surface area is 102 Å². The molecule has 0 spiro atoms. The van der Waals surface area contributed by atoms with Crippen molar-refractivity contribution in [1.82, 2.24) is 0 Å². The number of nitrogens with one attached hydrogen (secondary N) is 1. The quantitative estimate of drug-likeness (QED) is 0.788. The summed E-state index contributed by atoms with van der Waals surface area (Å²) >= 11 is 0. The monoisotopic (exact) mass is 253 g/mol. The molecule has 2 aromatic carbocycles. The van der Waals surface area contributed by atoms with Crippen molar-refractivity contribution < 1.29 is 18.3 Å². The second kappa shape index (κ2) is 4.60. The lowest BCUT2D eigenvalue weighted by Crippen LogP contribution is -2.08. The Morgan fingerprint density at radius 2 is 1.50 bits per heavy atom. The first kappa shape index (κ1) is 12.3. The van der Waals surface area contributed by atoms with Crippen LogP contribution in [0, 0.1) is 0 Å². The van der Waals surface area contributed by atoms with Gasteiger partial charge in [0, 0.05) is 5.69 Å². The van der Waals surface area contributed by atoms with Crippen LogP contribution in [-0.2, 0) is 6.18 Å². The lowest BCUT2D eigenvalue weighted by Gasteiger charge is -2.14. The van der Waals surface area contributed by atoms with Gasteiger partial charge in [0.05, 0.1) is 11.3 Å². The van der Waals surface area contributed by atoms with Crippen molar-refractivity contribution >= 4 is 11.4 Å². The number of benzene rings is 2. The van der Waals surface area contributed by atoms with E-state index in [1.165, 1.54) is 42.5 Å². The first-order valence-electron chi connectivity index (χ1n) is 5.19. The van der Waals surface area contributed by atoms with Gasteiger partial charge >= 0.3 is 6.18 Å². The van der Waals surface area contributed by atoms with E-state index in [9.17, 15) is 13.2 Å². The number of phenolic OH excluding ortho intramolecular Hbond substituents is 1. The van der Waals surface area contributed by atoms with Gasteiger partial charge in [-0.15, -0.1) is 0 Å². The molecule has 5 heteroatoms. The molecule has 0 atom stereocenters. The SMILES string of the molecule is Oc1ccc(Nc2ccccc2C(F)(F)F)cc1. The summed E-state index contributed by atoms with van der Waals surface area (Å²) in [6, 6.07) is 11.0. The Hall–Kier alpha value is -2.17. The van der Waals surface area contributed by atoms with Crippen LogP contribution in [0.2, 0.25) is 0 Å². The minimum Gasteiger partial charge on any atom is -0.508 e. The summed E-state index contributed by atoms with van der Waals surface area (Å²) in [7, 11) is 0. The van der Waals surface area contributed by atoms with Gasteiger partial charge < -0.3 is 10.4 Å². The summed E-state index contributed by atoms with van der Waals surface area (Å²) in [6.07, 6.45) is -4.40. The van der Waals surface area contributed by atoms with E-state index in [0.717, 1.165) is 6.07 Å². The summed E-state index contributed by atoms with van der Waals surface area (Å²) in [5.41, 5.74) is -0.265. The van der Waals surface area contributed by atoms with Crippen molar-refractivity contribution in [1.29, 1.82) is 0 Å². The maximum Gasteiger partial charge on any atom is 0.418 e. The van der Waals surface area contributed by atoms with E-state index < -0.39 is 11.7 Å². The predicted molar refractivity (Wildman–Crippen MR) is 62.8 cm³/mol. The molecule has 0 bridgehead atoms. The van der Waals surface area contributed by atoms with E-state index in [1.54, 1.807) is 0 Å². The van der Waals surface area contributed by atoms with Crippen LogP contribution in [0.3, 0.4) is 0 Å². The Kier molecular flexibility index (Phi) is 3.14. The maximum atomic E-state index is 12.7. The molecule has 2 rings (SSSR count). The summed E-state index contributed by atoms with van der Waals surface area (Å²) in [4.78, 5) is 0. The normalized spacial score (nSPS) is 11.3. The van der Waals surface area contributed by atoms with Gasteiger partial charge in [-0.05, 0) is 36.4 Å². The van der Waals surface area contributed by atoms with Gasteiger partial charge in [-0.2, -0.15) is 13.2 Å². The minimum atomic E-state index is -4.40. The number of para-hydroxylation sites is 1. The van der Waals surface area contributed by atoms with E-state index in [-0.39, 0.29) is 11.4 Å². The predicted octanol–water partition coefficient (Wildman–Crippen LogP) is 4.15. The van der Waals surface area contributed by atoms with Crippen molar-refractivity contribution in [2.24, 2.45) is 0 Å². The van der Waals surface area contributed by atoms with Gasteiger partial charge in [-0.1, -0.05) is 12.1 Å². The molecular formula is C13H10F3NO. The average molecular weight is 253 g/mol. The van der Waals surface area contributed by atoms with Crippen molar-refractivity contribution in [3.05, 3.63) is 54.1 Å². The molecule has 0 aromatic heterocycles. The Morgan fingerprint density at radius 3 is 2.11 bits per heavy atom. The highest BCUT2D eigenvalue weighted by Gasteiger charge is 2.33. The Morgan fingerprint density at radius 1 is 0.889 bits per heavy atom. The molecule has 2 nitrogen and oxygen atoms in total. The van der Waals surface area contributed by atoms with E-state index in [4.69, 9.17) is 5.11 Å². The zero-order valence-corrected chi connectivity index (χ0v) is 9.20. The first-order valence-corrected chi connectivity index (χ1v) is 5.19. The van der Waals surface area contributed by atoms with Gasteiger partial charge in [-0.3, -0.25) is 0 Å². The first-order chi connectivity index (χ1) is 8.47. The molecule has 2 N–H and O–H groups in total. The second-order valence-corrected chi connectivity index (χ2v) is 3.72. The minimum absolute atomic E-state index is 0.0179. The van der Waals surface area contributed by atoms with E-state index in [2.05, 4.69) is 5.32 Å². The van der Waals surface area contributed by atoms with Crippen LogP contribution < -0.4 is 5.32 Å². The van der Waals surface area contributed by atoms with Crippen LogP contribution in [0.4, 0.5) is 24.5 Å². The number of hydrogen-bond donors (Lipinski definition) is 2. The number of rotatable bonds is 2. The van der Waals surface area contributed by atoms with Gasteiger partial charge in [0.25, 0.3) is 0 Å². The van der Waals surface area contributed by atoms with Crippen LogP contribution in [0.25, 0.3) is 0 Å².